The fourth-order valence-corrected chi connectivity index (χ4v) is 3.34. The zero-order valence-electron chi connectivity index (χ0n) is 16.3. The number of rotatable bonds is 7. The highest BCUT2D eigenvalue weighted by molar-refractivity contribution is 5.93. The SMILES string of the molecule is CCc1ccccc1NC(=O)CCC(=O)NC1COc2c(cccc2OC)C1. The molecule has 0 bridgehead atoms. The van der Waals surface area contributed by atoms with Gasteiger partial charge in [-0.15, -0.1) is 0 Å². The van der Waals surface area contributed by atoms with Gasteiger partial charge in [-0.25, -0.2) is 0 Å². The van der Waals surface area contributed by atoms with E-state index in [0.29, 0.717) is 18.8 Å². The maximum Gasteiger partial charge on any atom is 0.224 e. The molecule has 1 atom stereocenters. The summed E-state index contributed by atoms with van der Waals surface area (Å²) in [5.74, 6) is 1.13. The maximum absolute atomic E-state index is 12.3. The molecule has 1 unspecified atom stereocenters. The third-order valence-corrected chi connectivity index (χ3v) is 4.79. The number of hydrogen-bond acceptors (Lipinski definition) is 4. The minimum atomic E-state index is -0.161. The Balaban J connectivity index is 1.47. The van der Waals surface area contributed by atoms with Gasteiger partial charge >= 0.3 is 0 Å². The van der Waals surface area contributed by atoms with E-state index < -0.39 is 0 Å². The van der Waals surface area contributed by atoms with Gasteiger partial charge in [-0.1, -0.05) is 37.3 Å². The zero-order chi connectivity index (χ0) is 19.9. The van der Waals surface area contributed by atoms with Crippen molar-refractivity contribution in [3.05, 3.63) is 53.6 Å². The van der Waals surface area contributed by atoms with E-state index in [1.165, 1.54) is 0 Å². The van der Waals surface area contributed by atoms with Crippen LogP contribution in [0.3, 0.4) is 0 Å². The lowest BCUT2D eigenvalue weighted by atomic mass is 10.0. The number of fused-ring (bicyclic) bond motifs is 1. The van der Waals surface area contributed by atoms with Crippen molar-refractivity contribution >= 4 is 17.5 Å². The Kier molecular flexibility index (Phi) is 6.53. The van der Waals surface area contributed by atoms with E-state index in [4.69, 9.17) is 9.47 Å². The number of carbonyl (C=O) groups is 2. The Morgan fingerprint density at radius 3 is 2.68 bits per heavy atom. The second kappa shape index (κ2) is 9.26. The van der Waals surface area contributed by atoms with Crippen molar-refractivity contribution in [1.82, 2.24) is 5.32 Å². The van der Waals surface area contributed by atoms with Crippen molar-refractivity contribution in [2.24, 2.45) is 0 Å². The molecular formula is C22H26N2O4. The Morgan fingerprint density at radius 1 is 1.11 bits per heavy atom. The first kappa shape index (κ1) is 19.7. The van der Waals surface area contributed by atoms with Crippen LogP contribution in [-0.2, 0) is 22.4 Å². The van der Waals surface area contributed by atoms with Crippen molar-refractivity contribution < 1.29 is 19.1 Å². The molecule has 1 aliphatic heterocycles. The number of ether oxygens (including phenoxy) is 2. The van der Waals surface area contributed by atoms with Crippen LogP contribution in [0.25, 0.3) is 0 Å². The molecule has 6 nitrogen and oxygen atoms in total. The quantitative estimate of drug-likeness (QED) is 0.772. The topological polar surface area (TPSA) is 76.7 Å². The van der Waals surface area contributed by atoms with E-state index in [-0.39, 0.29) is 30.7 Å². The number of nitrogens with one attached hydrogen (secondary N) is 2. The predicted octanol–water partition coefficient (Wildman–Crippen LogP) is 3.10. The summed E-state index contributed by atoms with van der Waals surface area (Å²) in [7, 11) is 1.61. The maximum atomic E-state index is 12.3. The molecule has 1 aliphatic rings. The number of methoxy groups -OCH3 is 1. The number of amides is 2. The number of benzene rings is 2. The molecule has 2 aromatic carbocycles. The largest absolute Gasteiger partial charge is 0.493 e. The van der Waals surface area contributed by atoms with Crippen LogP contribution in [0.4, 0.5) is 5.69 Å². The van der Waals surface area contributed by atoms with Gasteiger partial charge in [0.1, 0.15) is 6.61 Å². The van der Waals surface area contributed by atoms with Crippen LogP contribution in [0.15, 0.2) is 42.5 Å². The molecule has 0 aliphatic carbocycles. The highest BCUT2D eigenvalue weighted by atomic mass is 16.5. The summed E-state index contributed by atoms with van der Waals surface area (Å²) < 4.78 is 11.1. The molecule has 148 valence electrons. The molecule has 3 rings (SSSR count). The highest BCUT2D eigenvalue weighted by Gasteiger charge is 2.24. The van der Waals surface area contributed by atoms with Crippen LogP contribution in [-0.4, -0.2) is 31.6 Å². The average molecular weight is 382 g/mol. The normalized spacial score (nSPS) is 15.1. The van der Waals surface area contributed by atoms with Crippen molar-refractivity contribution in [2.75, 3.05) is 19.0 Å². The van der Waals surface area contributed by atoms with Crippen molar-refractivity contribution in [1.29, 1.82) is 0 Å². The molecule has 2 aromatic rings. The van der Waals surface area contributed by atoms with Gasteiger partial charge in [-0.2, -0.15) is 0 Å². The third-order valence-electron chi connectivity index (χ3n) is 4.79. The van der Waals surface area contributed by atoms with Gasteiger partial charge in [0.2, 0.25) is 11.8 Å². The Morgan fingerprint density at radius 2 is 1.89 bits per heavy atom. The fraction of sp³-hybridized carbons (Fsp3) is 0.364. The van der Waals surface area contributed by atoms with E-state index in [1.807, 2.05) is 49.4 Å². The summed E-state index contributed by atoms with van der Waals surface area (Å²) in [5.41, 5.74) is 2.89. The van der Waals surface area contributed by atoms with Crippen LogP contribution in [0.2, 0.25) is 0 Å². The molecular weight excluding hydrogens is 356 g/mol. The van der Waals surface area contributed by atoms with Gasteiger partial charge in [0.25, 0.3) is 0 Å². The highest BCUT2D eigenvalue weighted by Crippen LogP contribution is 2.34. The van der Waals surface area contributed by atoms with Crippen molar-refractivity contribution in [2.45, 2.75) is 38.6 Å². The molecule has 0 radical (unpaired) electrons. The molecule has 0 saturated carbocycles. The standard InChI is InChI=1S/C22H26N2O4/c1-3-15-7-4-5-9-18(15)24-21(26)12-11-20(25)23-17-13-16-8-6-10-19(27-2)22(16)28-14-17/h4-10,17H,3,11-14H2,1-2H3,(H,23,25)(H,24,26). The first-order valence-corrected chi connectivity index (χ1v) is 9.56. The van der Waals surface area contributed by atoms with Gasteiger partial charge in [-0.3, -0.25) is 9.59 Å². The summed E-state index contributed by atoms with van der Waals surface area (Å²) in [5, 5.41) is 5.84. The lowest BCUT2D eigenvalue weighted by molar-refractivity contribution is -0.125. The predicted molar refractivity (Wildman–Crippen MR) is 108 cm³/mol. The van der Waals surface area contributed by atoms with Crippen LogP contribution in [0.1, 0.15) is 30.9 Å². The smallest absolute Gasteiger partial charge is 0.224 e. The number of para-hydroxylation sites is 2. The van der Waals surface area contributed by atoms with Gasteiger partial charge in [0.05, 0.1) is 13.2 Å². The molecule has 6 heteroatoms. The number of aryl methyl sites for hydroxylation is 1. The summed E-state index contributed by atoms with van der Waals surface area (Å²) in [6, 6.07) is 13.3. The van der Waals surface area contributed by atoms with Crippen molar-refractivity contribution in [3.8, 4) is 11.5 Å². The first-order chi connectivity index (χ1) is 13.6. The first-order valence-electron chi connectivity index (χ1n) is 9.56. The Hall–Kier alpha value is -3.02. The van der Waals surface area contributed by atoms with E-state index in [2.05, 4.69) is 10.6 Å². The number of anilines is 1. The third kappa shape index (κ3) is 4.82. The van der Waals surface area contributed by atoms with Gasteiger partial charge in [0, 0.05) is 24.1 Å². The number of carbonyl (C=O) groups excluding carboxylic acids is 2. The van der Waals surface area contributed by atoms with E-state index in [1.54, 1.807) is 7.11 Å². The van der Waals surface area contributed by atoms with Gasteiger partial charge in [0.15, 0.2) is 11.5 Å². The molecule has 1 heterocycles. The molecule has 0 fully saturated rings. The van der Waals surface area contributed by atoms with E-state index in [9.17, 15) is 9.59 Å². The second-order valence-electron chi connectivity index (χ2n) is 6.79. The Bertz CT molecular complexity index is 850. The molecule has 0 saturated heterocycles. The Labute approximate surface area is 165 Å². The van der Waals surface area contributed by atoms with E-state index in [0.717, 1.165) is 29.0 Å². The zero-order valence-corrected chi connectivity index (χ0v) is 16.3. The van der Waals surface area contributed by atoms with Crippen LogP contribution in [0.5, 0.6) is 11.5 Å². The number of hydrogen-bond donors (Lipinski definition) is 2. The lowest BCUT2D eigenvalue weighted by Gasteiger charge is -2.27. The molecule has 0 spiro atoms. The summed E-state index contributed by atoms with van der Waals surface area (Å²) >= 11 is 0. The molecule has 2 amide bonds. The monoisotopic (exact) mass is 382 g/mol. The van der Waals surface area contributed by atoms with E-state index >= 15 is 0 Å². The summed E-state index contributed by atoms with van der Waals surface area (Å²) in [6.45, 7) is 2.42. The fourth-order valence-electron chi connectivity index (χ4n) is 3.34. The van der Waals surface area contributed by atoms with Crippen LogP contribution < -0.4 is 20.1 Å². The molecule has 2 N–H and O–H groups in total. The molecule has 28 heavy (non-hydrogen) atoms. The summed E-state index contributed by atoms with van der Waals surface area (Å²) in [4.78, 5) is 24.4. The van der Waals surface area contributed by atoms with Crippen LogP contribution >= 0.6 is 0 Å². The molecule has 0 aromatic heterocycles. The van der Waals surface area contributed by atoms with Gasteiger partial charge < -0.3 is 20.1 Å². The lowest BCUT2D eigenvalue weighted by Crippen LogP contribution is -2.42. The average Bonchev–Trinajstić information content (AvgIpc) is 2.72. The van der Waals surface area contributed by atoms with Crippen LogP contribution in [0, 0.1) is 0 Å². The minimum absolute atomic E-state index is 0.115. The van der Waals surface area contributed by atoms with Gasteiger partial charge in [-0.05, 0) is 30.5 Å². The second-order valence-corrected chi connectivity index (χ2v) is 6.79. The summed E-state index contributed by atoms with van der Waals surface area (Å²) in [6.07, 6.45) is 1.79. The van der Waals surface area contributed by atoms with Crippen molar-refractivity contribution in [3.63, 3.8) is 0 Å². The minimum Gasteiger partial charge on any atom is -0.493 e.